The van der Waals surface area contributed by atoms with Crippen molar-refractivity contribution in [2.45, 2.75) is 20.8 Å². The maximum absolute atomic E-state index is 12.9. The summed E-state index contributed by atoms with van der Waals surface area (Å²) >= 11 is 1.10. The van der Waals surface area contributed by atoms with E-state index in [0.717, 1.165) is 17.2 Å². The molecule has 0 aliphatic heterocycles. The Morgan fingerprint density at radius 2 is 1.69 bits per heavy atom. The number of halogens is 1. The highest BCUT2D eigenvalue weighted by Gasteiger charge is 2.02. The van der Waals surface area contributed by atoms with Crippen molar-refractivity contribution < 1.29 is 4.39 Å². The molecule has 2 aromatic rings. The number of rotatable bonds is 0. The fourth-order valence-electron chi connectivity index (χ4n) is 0.910. The van der Waals surface area contributed by atoms with Gasteiger partial charge in [0, 0.05) is 6.07 Å². The van der Waals surface area contributed by atoms with E-state index in [9.17, 15) is 4.39 Å². The fraction of sp³-hybridized carbons (Fsp3) is 0.333. The number of hydrogen-bond donors (Lipinski definition) is 0. The highest BCUT2D eigenvalue weighted by Crippen LogP contribution is 2.15. The zero-order chi connectivity index (χ0) is 9.84. The average molecular weight is 198 g/mol. The van der Waals surface area contributed by atoms with Crippen molar-refractivity contribution in [2.75, 3.05) is 0 Å². The second-order valence-electron chi connectivity index (χ2n) is 2.35. The number of benzene rings is 1. The van der Waals surface area contributed by atoms with Gasteiger partial charge in [-0.2, -0.15) is 8.75 Å². The molecule has 0 amide bonds. The molecule has 0 fully saturated rings. The van der Waals surface area contributed by atoms with E-state index < -0.39 is 0 Å². The lowest BCUT2D eigenvalue weighted by atomic mass is 10.2. The smallest absolute Gasteiger partial charge is 0.128 e. The third kappa shape index (κ3) is 2.01. The number of fused-ring (bicyclic) bond motifs is 1. The van der Waals surface area contributed by atoms with Crippen LogP contribution in [-0.2, 0) is 0 Å². The minimum absolute atomic E-state index is 0.217. The van der Waals surface area contributed by atoms with Crippen LogP contribution in [0.2, 0.25) is 0 Å². The number of aromatic nitrogens is 2. The van der Waals surface area contributed by atoms with Gasteiger partial charge in [0.05, 0.1) is 11.7 Å². The van der Waals surface area contributed by atoms with Crippen molar-refractivity contribution in [3.63, 3.8) is 0 Å². The molecular weight excluding hydrogens is 187 g/mol. The topological polar surface area (TPSA) is 25.8 Å². The monoisotopic (exact) mass is 198 g/mol. The van der Waals surface area contributed by atoms with E-state index >= 15 is 0 Å². The Kier molecular flexibility index (Phi) is 3.31. The van der Waals surface area contributed by atoms with Crippen LogP contribution in [0.25, 0.3) is 11.0 Å². The molecular formula is C9H11FN2S. The second kappa shape index (κ2) is 4.28. The van der Waals surface area contributed by atoms with Gasteiger partial charge in [-0.15, -0.1) is 0 Å². The first kappa shape index (κ1) is 10.1. The number of hydrogen-bond acceptors (Lipinski definition) is 3. The molecule has 13 heavy (non-hydrogen) atoms. The van der Waals surface area contributed by atoms with Crippen molar-refractivity contribution in [3.8, 4) is 0 Å². The van der Waals surface area contributed by atoms with Crippen molar-refractivity contribution in [1.29, 1.82) is 0 Å². The predicted octanol–water partition coefficient (Wildman–Crippen LogP) is 3.17. The molecule has 70 valence electrons. The summed E-state index contributed by atoms with van der Waals surface area (Å²) in [4.78, 5) is 0. The van der Waals surface area contributed by atoms with E-state index in [1.165, 1.54) is 6.07 Å². The van der Waals surface area contributed by atoms with Gasteiger partial charge < -0.3 is 0 Å². The Balaban J connectivity index is 0.000000396. The van der Waals surface area contributed by atoms with Gasteiger partial charge in [-0.25, -0.2) is 4.39 Å². The molecule has 0 saturated heterocycles. The molecule has 0 N–H and O–H groups in total. The van der Waals surface area contributed by atoms with Crippen LogP contribution in [0.5, 0.6) is 0 Å². The summed E-state index contributed by atoms with van der Waals surface area (Å²) in [5.74, 6) is -0.217. The summed E-state index contributed by atoms with van der Waals surface area (Å²) in [5, 5.41) is 0. The third-order valence-corrected chi connectivity index (χ3v) is 2.09. The molecule has 4 heteroatoms. The van der Waals surface area contributed by atoms with Gasteiger partial charge in [0.2, 0.25) is 0 Å². The highest BCUT2D eigenvalue weighted by atomic mass is 32.1. The van der Waals surface area contributed by atoms with E-state index in [-0.39, 0.29) is 5.82 Å². The molecule has 1 heterocycles. The van der Waals surface area contributed by atoms with E-state index in [1.807, 2.05) is 13.8 Å². The molecule has 0 aliphatic rings. The second-order valence-corrected chi connectivity index (χ2v) is 2.88. The van der Waals surface area contributed by atoms with Gasteiger partial charge in [-0.05, 0) is 18.6 Å². The van der Waals surface area contributed by atoms with Gasteiger partial charge >= 0.3 is 0 Å². The quantitative estimate of drug-likeness (QED) is 0.649. The van der Waals surface area contributed by atoms with Gasteiger partial charge in [0.25, 0.3) is 0 Å². The third-order valence-electron chi connectivity index (χ3n) is 1.53. The van der Waals surface area contributed by atoms with Crippen LogP contribution in [0.4, 0.5) is 4.39 Å². The summed E-state index contributed by atoms with van der Waals surface area (Å²) < 4.78 is 20.8. The van der Waals surface area contributed by atoms with Gasteiger partial charge in [-0.3, -0.25) is 0 Å². The molecule has 0 saturated carbocycles. The highest BCUT2D eigenvalue weighted by molar-refractivity contribution is 7.00. The van der Waals surface area contributed by atoms with Crippen LogP contribution < -0.4 is 0 Å². The Hall–Kier alpha value is -1.03. The molecule has 2 nitrogen and oxygen atoms in total. The largest absolute Gasteiger partial charge is 0.207 e. The normalized spacial score (nSPS) is 9.54. The first-order chi connectivity index (χ1) is 6.27. The first-order valence-electron chi connectivity index (χ1n) is 4.16. The Labute approximate surface area is 80.7 Å². The number of aryl methyl sites for hydroxylation is 1. The Bertz CT molecular complexity index is 361. The lowest BCUT2D eigenvalue weighted by Crippen LogP contribution is -1.81. The van der Waals surface area contributed by atoms with Gasteiger partial charge in [-0.1, -0.05) is 13.8 Å². The summed E-state index contributed by atoms with van der Waals surface area (Å²) in [6.07, 6.45) is 0. The Morgan fingerprint density at radius 3 is 2.31 bits per heavy atom. The SMILES string of the molecule is CC.Cc1cc2nsnc2cc1F. The van der Waals surface area contributed by atoms with Crippen molar-refractivity contribution in [3.05, 3.63) is 23.5 Å². The molecule has 1 aromatic carbocycles. The van der Waals surface area contributed by atoms with E-state index in [2.05, 4.69) is 8.75 Å². The van der Waals surface area contributed by atoms with Crippen molar-refractivity contribution >= 4 is 22.8 Å². The van der Waals surface area contributed by atoms with Crippen molar-refractivity contribution in [2.24, 2.45) is 0 Å². The summed E-state index contributed by atoms with van der Waals surface area (Å²) in [6, 6.07) is 3.11. The summed E-state index contributed by atoms with van der Waals surface area (Å²) in [6.45, 7) is 5.72. The van der Waals surface area contributed by atoms with Gasteiger partial charge in [0.1, 0.15) is 16.9 Å². The van der Waals surface area contributed by atoms with E-state index in [0.29, 0.717) is 11.1 Å². The zero-order valence-electron chi connectivity index (χ0n) is 7.84. The van der Waals surface area contributed by atoms with Crippen LogP contribution in [0.15, 0.2) is 12.1 Å². The zero-order valence-corrected chi connectivity index (χ0v) is 8.65. The minimum atomic E-state index is -0.217. The van der Waals surface area contributed by atoms with Crippen LogP contribution >= 0.6 is 11.7 Å². The molecule has 0 unspecified atom stereocenters. The van der Waals surface area contributed by atoms with Crippen LogP contribution in [0.3, 0.4) is 0 Å². The standard InChI is InChI=1S/C7H5FN2S.C2H6/c1-4-2-6-7(3-5(4)8)10-11-9-6;1-2/h2-3H,1H3;1-2H3. The molecule has 0 atom stereocenters. The lowest BCUT2D eigenvalue weighted by Gasteiger charge is -1.92. The van der Waals surface area contributed by atoms with Crippen LogP contribution in [0, 0.1) is 12.7 Å². The van der Waals surface area contributed by atoms with Crippen LogP contribution in [-0.4, -0.2) is 8.75 Å². The minimum Gasteiger partial charge on any atom is -0.207 e. The van der Waals surface area contributed by atoms with E-state index in [4.69, 9.17) is 0 Å². The number of nitrogens with zero attached hydrogens (tertiary/aromatic N) is 2. The predicted molar refractivity (Wildman–Crippen MR) is 53.5 cm³/mol. The maximum atomic E-state index is 12.9. The fourth-order valence-corrected chi connectivity index (χ4v) is 1.42. The molecule has 1 aromatic heterocycles. The van der Waals surface area contributed by atoms with Crippen molar-refractivity contribution in [1.82, 2.24) is 8.75 Å². The first-order valence-corrected chi connectivity index (χ1v) is 4.89. The molecule has 0 aliphatic carbocycles. The van der Waals surface area contributed by atoms with Crippen LogP contribution in [0.1, 0.15) is 19.4 Å². The average Bonchev–Trinajstić information content (AvgIpc) is 2.56. The molecule has 0 bridgehead atoms. The molecule has 2 rings (SSSR count). The Morgan fingerprint density at radius 1 is 1.15 bits per heavy atom. The van der Waals surface area contributed by atoms with Gasteiger partial charge in [0.15, 0.2) is 0 Å². The maximum Gasteiger partial charge on any atom is 0.128 e. The molecule has 0 spiro atoms. The lowest BCUT2D eigenvalue weighted by molar-refractivity contribution is 0.620. The summed E-state index contributed by atoms with van der Waals surface area (Å²) in [7, 11) is 0. The van der Waals surface area contributed by atoms with E-state index in [1.54, 1.807) is 13.0 Å². The molecule has 0 radical (unpaired) electrons. The summed E-state index contributed by atoms with van der Waals surface area (Å²) in [5.41, 5.74) is 2.03.